The largest absolute Gasteiger partial charge is 0.385 e. The van der Waals surface area contributed by atoms with Gasteiger partial charge in [0.25, 0.3) is 0 Å². The molecule has 2 atom stereocenters. The first-order valence-electron chi connectivity index (χ1n) is 6.60. The highest BCUT2D eigenvalue weighted by Crippen LogP contribution is 2.45. The van der Waals surface area contributed by atoms with E-state index in [2.05, 4.69) is 0 Å². The molecule has 1 aromatic rings. The number of benzene rings is 1. The van der Waals surface area contributed by atoms with Crippen molar-refractivity contribution in [2.45, 2.75) is 32.3 Å². The number of hydrogen-bond donors (Lipinski definition) is 2. The van der Waals surface area contributed by atoms with E-state index in [0.717, 1.165) is 30.6 Å². The van der Waals surface area contributed by atoms with Gasteiger partial charge < -0.3 is 15.6 Å². The summed E-state index contributed by atoms with van der Waals surface area (Å²) >= 11 is 0. The molecule has 18 heavy (non-hydrogen) atoms. The third kappa shape index (κ3) is 2.07. The van der Waals surface area contributed by atoms with Gasteiger partial charge in [0.2, 0.25) is 0 Å². The fraction of sp³-hybridized carbons (Fsp3) is 0.600. The molecule has 1 heterocycles. The third-order valence-corrected chi connectivity index (χ3v) is 4.42. The molecule has 1 aliphatic rings. The number of aliphatic hydroxyl groups is 1. The second kappa shape index (κ2) is 5.00. The lowest BCUT2D eigenvalue weighted by Gasteiger charge is -2.47. The molecular weight excluding hydrogens is 226 g/mol. The molecule has 0 aliphatic carbocycles. The van der Waals surface area contributed by atoms with Gasteiger partial charge in [0, 0.05) is 18.6 Å². The van der Waals surface area contributed by atoms with E-state index in [9.17, 15) is 5.11 Å². The summed E-state index contributed by atoms with van der Waals surface area (Å²) in [7, 11) is 0. The Morgan fingerprint density at radius 2 is 2.17 bits per heavy atom. The maximum Gasteiger partial charge on any atom is 0.0961 e. The fourth-order valence-electron chi connectivity index (χ4n) is 3.00. The van der Waals surface area contributed by atoms with Gasteiger partial charge in [-0.3, -0.25) is 0 Å². The minimum Gasteiger partial charge on any atom is -0.385 e. The van der Waals surface area contributed by atoms with Crippen LogP contribution in [0.2, 0.25) is 0 Å². The van der Waals surface area contributed by atoms with Crippen molar-refractivity contribution >= 4 is 0 Å². The zero-order chi connectivity index (χ0) is 13.2. The standard InChI is InChI=1S/C15H23NO2/c1-12-6-3-4-7-13(12)14(2,17)15(10-16)8-5-9-18-11-15/h3-4,6-7,17H,5,8-11,16H2,1-2H3. The van der Waals surface area contributed by atoms with Gasteiger partial charge in [-0.05, 0) is 37.8 Å². The molecule has 1 saturated heterocycles. The summed E-state index contributed by atoms with van der Waals surface area (Å²) in [6.07, 6.45) is 1.87. The second-order valence-electron chi connectivity index (χ2n) is 5.53. The Hall–Kier alpha value is -0.900. The van der Waals surface area contributed by atoms with Gasteiger partial charge in [0.15, 0.2) is 0 Å². The zero-order valence-electron chi connectivity index (χ0n) is 11.3. The average Bonchev–Trinajstić information content (AvgIpc) is 2.39. The molecule has 0 amide bonds. The van der Waals surface area contributed by atoms with Crippen LogP contribution in [0.3, 0.4) is 0 Å². The van der Waals surface area contributed by atoms with Gasteiger partial charge >= 0.3 is 0 Å². The third-order valence-electron chi connectivity index (χ3n) is 4.42. The first-order chi connectivity index (χ1) is 8.53. The van der Waals surface area contributed by atoms with Crippen molar-refractivity contribution in [3.63, 3.8) is 0 Å². The van der Waals surface area contributed by atoms with Crippen molar-refractivity contribution in [2.75, 3.05) is 19.8 Å². The van der Waals surface area contributed by atoms with Gasteiger partial charge in [0.1, 0.15) is 0 Å². The quantitative estimate of drug-likeness (QED) is 0.861. The van der Waals surface area contributed by atoms with Crippen molar-refractivity contribution in [3.8, 4) is 0 Å². The molecule has 2 rings (SSSR count). The van der Waals surface area contributed by atoms with Crippen LogP contribution in [0, 0.1) is 12.3 Å². The van der Waals surface area contributed by atoms with Crippen molar-refractivity contribution in [3.05, 3.63) is 35.4 Å². The molecule has 1 aromatic carbocycles. The summed E-state index contributed by atoms with van der Waals surface area (Å²) in [4.78, 5) is 0. The van der Waals surface area contributed by atoms with Crippen LogP contribution in [-0.4, -0.2) is 24.9 Å². The lowest BCUT2D eigenvalue weighted by Crippen LogP contribution is -2.53. The number of nitrogens with two attached hydrogens (primary N) is 1. The minimum absolute atomic E-state index is 0.378. The van der Waals surface area contributed by atoms with Gasteiger partial charge in [-0.15, -0.1) is 0 Å². The van der Waals surface area contributed by atoms with E-state index in [1.807, 2.05) is 38.1 Å². The molecule has 0 aromatic heterocycles. The molecule has 1 aliphatic heterocycles. The molecule has 3 N–H and O–H groups in total. The number of hydrogen-bond acceptors (Lipinski definition) is 3. The summed E-state index contributed by atoms with van der Waals surface area (Å²) in [6, 6.07) is 7.96. The molecule has 0 bridgehead atoms. The van der Waals surface area contributed by atoms with Crippen LogP contribution in [-0.2, 0) is 10.3 Å². The molecule has 3 nitrogen and oxygen atoms in total. The monoisotopic (exact) mass is 249 g/mol. The Morgan fingerprint density at radius 3 is 2.72 bits per heavy atom. The average molecular weight is 249 g/mol. The van der Waals surface area contributed by atoms with Crippen molar-refractivity contribution in [1.29, 1.82) is 0 Å². The molecule has 0 saturated carbocycles. The zero-order valence-corrected chi connectivity index (χ0v) is 11.3. The molecular formula is C15H23NO2. The first kappa shape index (κ1) is 13.5. The first-order valence-corrected chi connectivity index (χ1v) is 6.60. The van der Waals surface area contributed by atoms with Crippen molar-refractivity contribution in [2.24, 2.45) is 11.1 Å². The van der Waals surface area contributed by atoms with Crippen LogP contribution in [0.25, 0.3) is 0 Å². The van der Waals surface area contributed by atoms with Gasteiger partial charge in [-0.2, -0.15) is 0 Å². The van der Waals surface area contributed by atoms with E-state index >= 15 is 0 Å². The van der Waals surface area contributed by atoms with Gasteiger partial charge in [0.05, 0.1) is 12.2 Å². The second-order valence-corrected chi connectivity index (χ2v) is 5.53. The van der Waals surface area contributed by atoms with Crippen LogP contribution >= 0.6 is 0 Å². The summed E-state index contributed by atoms with van der Waals surface area (Å²) < 4.78 is 5.58. The van der Waals surface area contributed by atoms with Crippen molar-refractivity contribution in [1.82, 2.24) is 0 Å². The Kier molecular flexibility index (Phi) is 3.76. The maximum atomic E-state index is 11.1. The molecule has 0 spiro atoms. The lowest BCUT2D eigenvalue weighted by atomic mass is 9.65. The van der Waals surface area contributed by atoms with Crippen LogP contribution < -0.4 is 5.73 Å². The highest BCUT2D eigenvalue weighted by atomic mass is 16.5. The number of ether oxygens (including phenoxy) is 1. The topological polar surface area (TPSA) is 55.5 Å². The van der Waals surface area contributed by atoms with E-state index in [0.29, 0.717) is 13.2 Å². The molecule has 0 radical (unpaired) electrons. The highest BCUT2D eigenvalue weighted by molar-refractivity contribution is 5.33. The summed E-state index contributed by atoms with van der Waals surface area (Å²) in [6.45, 7) is 5.64. The van der Waals surface area contributed by atoms with E-state index in [1.54, 1.807) is 0 Å². The predicted molar refractivity (Wildman–Crippen MR) is 72.3 cm³/mol. The van der Waals surface area contributed by atoms with Gasteiger partial charge in [-0.1, -0.05) is 24.3 Å². The van der Waals surface area contributed by atoms with E-state index in [4.69, 9.17) is 10.5 Å². The van der Waals surface area contributed by atoms with Crippen LogP contribution in [0.5, 0.6) is 0 Å². The van der Waals surface area contributed by atoms with Crippen molar-refractivity contribution < 1.29 is 9.84 Å². The Balaban J connectivity index is 2.42. The molecule has 100 valence electrons. The van der Waals surface area contributed by atoms with Gasteiger partial charge in [-0.25, -0.2) is 0 Å². The van der Waals surface area contributed by atoms with E-state index in [-0.39, 0.29) is 5.41 Å². The Bertz CT molecular complexity index is 409. The number of rotatable bonds is 3. The molecule has 1 fully saturated rings. The summed E-state index contributed by atoms with van der Waals surface area (Å²) in [5, 5.41) is 11.1. The fourth-order valence-corrected chi connectivity index (χ4v) is 3.00. The minimum atomic E-state index is -0.951. The molecule has 2 unspecified atom stereocenters. The summed E-state index contributed by atoms with van der Waals surface area (Å²) in [5.74, 6) is 0. The maximum absolute atomic E-state index is 11.1. The van der Waals surface area contributed by atoms with Crippen LogP contribution in [0.1, 0.15) is 30.9 Å². The van der Waals surface area contributed by atoms with Crippen LogP contribution in [0.15, 0.2) is 24.3 Å². The Morgan fingerprint density at radius 1 is 1.44 bits per heavy atom. The smallest absolute Gasteiger partial charge is 0.0961 e. The number of aryl methyl sites for hydroxylation is 1. The van der Waals surface area contributed by atoms with Crippen LogP contribution in [0.4, 0.5) is 0 Å². The van der Waals surface area contributed by atoms with E-state index < -0.39 is 5.60 Å². The normalized spacial score (nSPS) is 27.8. The SMILES string of the molecule is Cc1ccccc1C(C)(O)C1(CN)CCCOC1. The predicted octanol–water partition coefficient (Wildman–Crippen LogP) is 1.96. The van der Waals surface area contributed by atoms with E-state index in [1.165, 1.54) is 0 Å². The molecule has 3 heteroatoms. The lowest BCUT2D eigenvalue weighted by molar-refractivity contribution is -0.139. The Labute approximate surface area is 109 Å². The summed E-state index contributed by atoms with van der Waals surface area (Å²) in [5.41, 5.74) is 6.70. The highest BCUT2D eigenvalue weighted by Gasteiger charge is 2.48.